The fourth-order valence-corrected chi connectivity index (χ4v) is 2.42. The minimum atomic E-state index is 0.348. The largest absolute Gasteiger partial charge is 0.492 e. The number of ether oxygens (including phenoxy) is 1. The maximum atomic E-state index is 5.81. The van der Waals surface area contributed by atoms with Crippen molar-refractivity contribution in [3.05, 3.63) is 28.7 Å². The predicted molar refractivity (Wildman–Crippen MR) is 73.3 cm³/mol. The Morgan fingerprint density at radius 3 is 2.47 bits per heavy atom. The van der Waals surface area contributed by atoms with Crippen LogP contribution in [-0.2, 0) is 0 Å². The molecular formula is C13H19BrN2O. The van der Waals surface area contributed by atoms with Crippen molar-refractivity contribution in [1.29, 1.82) is 0 Å². The Labute approximate surface area is 111 Å². The number of likely N-dealkylation sites (tertiary alicyclic amines) is 1. The van der Waals surface area contributed by atoms with Crippen molar-refractivity contribution >= 4 is 15.9 Å². The number of halogens is 1. The van der Waals surface area contributed by atoms with Crippen molar-refractivity contribution in [2.45, 2.75) is 18.9 Å². The highest BCUT2D eigenvalue weighted by Crippen LogP contribution is 2.17. The molecule has 1 aromatic rings. The van der Waals surface area contributed by atoms with Crippen LogP contribution in [0.3, 0.4) is 0 Å². The second-order valence-electron chi connectivity index (χ2n) is 4.40. The topological polar surface area (TPSA) is 38.5 Å². The lowest BCUT2D eigenvalue weighted by Gasteiger charge is -2.26. The van der Waals surface area contributed by atoms with Gasteiger partial charge in [0.2, 0.25) is 0 Å². The van der Waals surface area contributed by atoms with Gasteiger partial charge < -0.3 is 10.5 Å². The van der Waals surface area contributed by atoms with Crippen LogP contribution in [-0.4, -0.2) is 37.2 Å². The third-order valence-electron chi connectivity index (χ3n) is 3.19. The van der Waals surface area contributed by atoms with Crippen molar-refractivity contribution in [2.24, 2.45) is 5.73 Å². The molecular weight excluding hydrogens is 280 g/mol. The molecule has 3 nitrogen and oxygen atoms in total. The van der Waals surface area contributed by atoms with Crippen LogP contribution in [0, 0.1) is 0 Å². The summed E-state index contributed by atoms with van der Waals surface area (Å²) in [5.41, 5.74) is 5.81. The van der Waals surface area contributed by atoms with E-state index < -0.39 is 0 Å². The fourth-order valence-electron chi connectivity index (χ4n) is 2.15. The fraction of sp³-hybridized carbons (Fsp3) is 0.538. The Hall–Kier alpha value is -0.580. The van der Waals surface area contributed by atoms with E-state index in [4.69, 9.17) is 10.5 Å². The predicted octanol–water partition coefficient (Wildman–Crippen LogP) is 2.25. The molecule has 0 aromatic heterocycles. The summed E-state index contributed by atoms with van der Waals surface area (Å²) in [4.78, 5) is 2.43. The van der Waals surface area contributed by atoms with E-state index in [1.165, 1.54) is 12.8 Å². The van der Waals surface area contributed by atoms with Crippen LogP contribution in [0.1, 0.15) is 12.8 Å². The molecule has 1 fully saturated rings. The molecule has 4 heteroatoms. The van der Waals surface area contributed by atoms with E-state index >= 15 is 0 Å². The molecule has 1 atom stereocenters. The molecule has 0 bridgehead atoms. The summed E-state index contributed by atoms with van der Waals surface area (Å²) in [5.74, 6) is 0.908. The molecule has 1 aliphatic rings. The molecule has 1 unspecified atom stereocenters. The zero-order valence-corrected chi connectivity index (χ0v) is 11.5. The SMILES string of the molecule is NCC(COc1ccc(Br)cc1)N1CCCC1. The molecule has 0 aliphatic carbocycles. The first kappa shape index (κ1) is 12.9. The first-order valence-electron chi connectivity index (χ1n) is 6.12. The highest BCUT2D eigenvalue weighted by atomic mass is 79.9. The summed E-state index contributed by atoms with van der Waals surface area (Å²) in [6.07, 6.45) is 2.57. The number of benzene rings is 1. The normalized spacial score (nSPS) is 18.2. The van der Waals surface area contributed by atoms with Crippen molar-refractivity contribution in [3.8, 4) is 5.75 Å². The summed E-state index contributed by atoms with van der Waals surface area (Å²) >= 11 is 3.41. The van der Waals surface area contributed by atoms with Gasteiger partial charge in [0.05, 0.1) is 6.04 Å². The van der Waals surface area contributed by atoms with Gasteiger partial charge in [-0.3, -0.25) is 4.90 Å². The van der Waals surface area contributed by atoms with E-state index in [1.807, 2.05) is 24.3 Å². The third kappa shape index (κ3) is 3.69. The van der Waals surface area contributed by atoms with Gasteiger partial charge in [0.1, 0.15) is 12.4 Å². The molecule has 1 saturated heterocycles. The third-order valence-corrected chi connectivity index (χ3v) is 3.71. The second kappa shape index (κ2) is 6.38. The molecule has 0 saturated carbocycles. The maximum Gasteiger partial charge on any atom is 0.119 e. The zero-order chi connectivity index (χ0) is 12.1. The Morgan fingerprint density at radius 2 is 1.88 bits per heavy atom. The molecule has 0 spiro atoms. The van der Waals surface area contributed by atoms with E-state index in [-0.39, 0.29) is 0 Å². The van der Waals surface area contributed by atoms with Gasteiger partial charge in [-0.2, -0.15) is 0 Å². The van der Waals surface area contributed by atoms with Crippen LogP contribution in [0.25, 0.3) is 0 Å². The minimum Gasteiger partial charge on any atom is -0.492 e. The lowest BCUT2D eigenvalue weighted by atomic mass is 10.3. The van der Waals surface area contributed by atoms with Crippen molar-refractivity contribution in [2.75, 3.05) is 26.2 Å². The van der Waals surface area contributed by atoms with Gasteiger partial charge in [-0.1, -0.05) is 15.9 Å². The number of hydrogen-bond donors (Lipinski definition) is 1. The van der Waals surface area contributed by atoms with Gasteiger partial charge in [-0.05, 0) is 50.2 Å². The quantitative estimate of drug-likeness (QED) is 0.906. The zero-order valence-electron chi connectivity index (χ0n) is 9.94. The number of rotatable bonds is 5. The van der Waals surface area contributed by atoms with E-state index in [0.717, 1.165) is 23.3 Å². The highest BCUT2D eigenvalue weighted by Gasteiger charge is 2.21. The minimum absolute atomic E-state index is 0.348. The summed E-state index contributed by atoms with van der Waals surface area (Å²) in [5, 5.41) is 0. The molecule has 17 heavy (non-hydrogen) atoms. The van der Waals surface area contributed by atoms with Gasteiger partial charge in [0, 0.05) is 11.0 Å². The average molecular weight is 299 g/mol. The smallest absolute Gasteiger partial charge is 0.119 e. The summed E-state index contributed by atoms with van der Waals surface area (Å²) < 4.78 is 6.85. The highest BCUT2D eigenvalue weighted by molar-refractivity contribution is 9.10. The standard InChI is InChI=1S/C13H19BrN2O/c14-11-3-5-13(6-4-11)17-10-12(9-15)16-7-1-2-8-16/h3-6,12H,1-2,7-10,15H2. The summed E-state index contributed by atoms with van der Waals surface area (Å²) in [6.45, 7) is 3.66. The van der Waals surface area contributed by atoms with Gasteiger partial charge in [-0.25, -0.2) is 0 Å². The Kier molecular flexibility index (Phi) is 4.83. The van der Waals surface area contributed by atoms with Crippen LogP contribution >= 0.6 is 15.9 Å². The Bertz CT molecular complexity index is 336. The molecule has 2 rings (SSSR count). The van der Waals surface area contributed by atoms with Gasteiger partial charge in [-0.15, -0.1) is 0 Å². The molecule has 1 heterocycles. The van der Waals surface area contributed by atoms with Gasteiger partial charge >= 0.3 is 0 Å². The Morgan fingerprint density at radius 1 is 1.24 bits per heavy atom. The van der Waals surface area contributed by atoms with E-state index in [9.17, 15) is 0 Å². The summed E-state index contributed by atoms with van der Waals surface area (Å²) in [6, 6.07) is 8.27. The van der Waals surface area contributed by atoms with Crippen molar-refractivity contribution in [3.63, 3.8) is 0 Å². The monoisotopic (exact) mass is 298 g/mol. The second-order valence-corrected chi connectivity index (χ2v) is 5.31. The van der Waals surface area contributed by atoms with Crippen LogP contribution < -0.4 is 10.5 Å². The Balaban J connectivity index is 1.84. The molecule has 94 valence electrons. The van der Waals surface area contributed by atoms with E-state index in [2.05, 4.69) is 20.8 Å². The van der Waals surface area contributed by atoms with Crippen LogP contribution in [0.5, 0.6) is 5.75 Å². The number of hydrogen-bond acceptors (Lipinski definition) is 3. The molecule has 2 N–H and O–H groups in total. The van der Waals surface area contributed by atoms with Gasteiger partial charge in [0.15, 0.2) is 0 Å². The first-order valence-corrected chi connectivity index (χ1v) is 6.91. The lowest BCUT2D eigenvalue weighted by Crippen LogP contribution is -2.42. The van der Waals surface area contributed by atoms with Crippen LogP contribution in [0.15, 0.2) is 28.7 Å². The van der Waals surface area contributed by atoms with Gasteiger partial charge in [0.25, 0.3) is 0 Å². The van der Waals surface area contributed by atoms with Crippen molar-refractivity contribution < 1.29 is 4.74 Å². The number of nitrogens with two attached hydrogens (primary N) is 1. The van der Waals surface area contributed by atoms with Crippen LogP contribution in [0.4, 0.5) is 0 Å². The average Bonchev–Trinajstić information content (AvgIpc) is 2.86. The molecule has 1 aliphatic heterocycles. The maximum absolute atomic E-state index is 5.81. The van der Waals surface area contributed by atoms with Crippen molar-refractivity contribution in [1.82, 2.24) is 4.90 Å². The van der Waals surface area contributed by atoms with Crippen LogP contribution in [0.2, 0.25) is 0 Å². The molecule has 1 aromatic carbocycles. The molecule has 0 radical (unpaired) electrons. The summed E-state index contributed by atoms with van der Waals surface area (Å²) in [7, 11) is 0. The lowest BCUT2D eigenvalue weighted by molar-refractivity contribution is 0.165. The number of nitrogens with zero attached hydrogens (tertiary/aromatic N) is 1. The van der Waals surface area contributed by atoms with E-state index in [0.29, 0.717) is 19.2 Å². The molecule has 0 amide bonds. The van der Waals surface area contributed by atoms with E-state index in [1.54, 1.807) is 0 Å². The first-order chi connectivity index (χ1) is 8.29.